The van der Waals surface area contributed by atoms with E-state index in [0.717, 1.165) is 12.8 Å². The van der Waals surface area contributed by atoms with E-state index in [2.05, 4.69) is 22.4 Å². The molecule has 98 valence electrons. The molecule has 2 rings (SSSR count). The number of carbonyl (C=O) groups is 1. The number of aromatic nitrogens is 1. The lowest BCUT2D eigenvalue weighted by atomic mass is 10.1. The molecule has 3 nitrogen and oxygen atoms in total. The average molecular weight is 275 g/mol. The van der Waals surface area contributed by atoms with Crippen molar-refractivity contribution in [2.75, 3.05) is 5.32 Å². The molecule has 2 aromatic rings. The predicted octanol–water partition coefficient (Wildman–Crippen LogP) is 3.70. The van der Waals surface area contributed by atoms with Gasteiger partial charge in [0.2, 0.25) is 5.91 Å². The van der Waals surface area contributed by atoms with Gasteiger partial charge in [0.05, 0.1) is 5.02 Å². The summed E-state index contributed by atoms with van der Waals surface area (Å²) in [4.78, 5) is 15.7. The highest BCUT2D eigenvalue weighted by Gasteiger charge is 2.03. The molecular weight excluding hydrogens is 260 g/mol. The van der Waals surface area contributed by atoms with Gasteiger partial charge < -0.3 is 5.32 Å². The van der Waals surface area contributed by atoms with Gasteiger partial charge in [0.1, 0.15) is 5.82 Å². The third kappa shape index (κ3) is 4.72. The van der Waals surface area contributed by atoms with Crippen LogP contribution in [0.25, 0.3) is 0 Å². The number of nitrogens with zero attached hydrogens (tertiary/aromatic N) is 1. The van der Waals surface area contributed by atoms with Gasteiger partial charge in [0, 0.05) is 12.6 Å². The lowest BCUT2D eigenvalue weighted by Crippen LogP contribution is -2.12. The van der Waals surface area contributed by atoms with Crippen molar-refractivity contribution in [1.82, 2.24) is 4.98 Å². The number of hydrogen-bond donors (Lipinski definition) is 1. The van der Waals surface area contributed by atoms with Crippen molar-refractivity contribution in [3.05, 3.63) is 59.2 Å². The van der Waals surface area contributed by atoms with Crippen molar-refractivity contribution in [3.63, 3.8) is 0 Å². The molecule has 0 spiro atoms. The lowest BCUT2D eigenvalue weighted by molar-refractivity contribution is -0.116. The second-order valence-corrected chi connectivity index (χ2v) is 4.69. The maximum Gasteiger partial charge on any atom is 0.225 e. The molecule has 0 fully saturated rings. The molecule has 0 saturated carbocycles. The van der Waals surface area contributed by atoms with Gasteiger partial charge >= 0.3 is 0 Å². The fourth-order valence-electron chi connectivity index (χ4n) is 1.75. The normalized spacial score (nSPS) is 10.2. The fourth-order valence-corrected chi connectivity index (χ4v) is 1.86. The molecule has 1 heterocycles. The number of hydrogen-bond acceptors (Lipinski definition) is 2. The van der Waals surface area contributed by atoms with Gasteiger partial charge in [-0.3, -0.25) is 4.79 Å². The molecule has 1 aromatic heterocycles. The van der Waals surface area contributed by atoms with Crippen LogP contribution in [-0.2, 0) is 11.2 Å². The number of anilines is 1. The van der Waals surface area contributed by atoms with E-state index in [0.29, 0.717) is 17.3 Å². The first-order valence-corrected chi connectivity index (χ1v) is 6.57. The second kappa shape index (κ2) is 6.90. The summed E-state index contributed by atoms with van der Waals surface area (Å²) in [6.07, 6.45) is 3.73. The Morgan fingerprint density at radius 2 is 1.95 bits per heavy atom. The van der Waals surface area contributed by atoms with Crippen LogP contribution >= 0.6 is 11.6 Å². The molecule has 1 amide bonds. The monoisotopic (exact) mass is 274 g/mol. The SMILES string of the molecule is O=C(CCCc1ccccc1)Nc1ccc(Cl)cn1. The molecule has 0 aliphatic heterocycles. The molecule has 0 aliphatic carbocycles. The highest BCUT2D eigenvalue weighted by Crippen LogP contribution is 2.10. The molecule has 1 aromatic carbocycles. The summed E-state index contributed by atoms with van der Waals surface area (Å²) in [5.41, 5.74) is 1.25. The summed E-state index contributed by atoms with van der Waals surface area (Å²) in [5.74, 6) is 0.514. The molecule has 0 saturated heterocycles. The van der Waals surface area contributed by atoms with Crippen LogP contribution in [0.4, 0.5) is 5.82 Å². The molecule has 1 N–H and O–H groups in total. The number of aryl methyl sites for hydroxylation is 1. The van der Waals surface area contributed by atoms with E-state index in [9.17, 15) is 4.79 Å². The highest BCUT2D eigenvalue weighted by molar-refractivity contribution is 6.30. The van der Waals surface area contributed by atoms with Crippen LogP contribution < -0.4 is 5.32 Å². The topological polar surface area (TPSA) is 42.0 Å². The van der Waals surface area contributed by atoms with E-state index in [1.165, 1.54) is 11.8 Å². The van der Waals surface area contributed by atoms with Gasteiger partial charge in [-0.1, -0.05) is 41.9 Å². The Hall–Kier alpha value is -1.87. The molecule has 0 radical (unpaired) electrons. The Balaban J connectivity index is 1.74. The third-order valence-electron chi connectivity index (χ3n) is 2.71. The van der Waals surface area contributed by atoms with Gasteiger partial charge in [0.15, 0.2) is 0 Å². The van der Waals surface area contributed by atoms with E-state index in [1.54, 1.807) is 12.1 Å². The first kappa shape index (κ1) is 13.6. The largest absolute Gasteiger partial charge is 0.311 e. The van der Waals surface area contributed by atoms with Gasteiger partial charge in [-0.2, -0.15) is 0 Å². The smallest absolute Gasteiger partial charge is 0.225 e. The Morgan fingerprint density at radius 1 is 1.16 bits per heavy atom. The zero-order valence-corrected chi connectivity index (χ0v) is 11.2. The van der Waals surface area contributed by atoms with E-state index >= 15 is 0 Å². The standard InChI is InChI=1S/C15H15ClN2O/c16-13-9-10-14(17-11-13)18-15(19)8-4-7-12-5-2-1-3-6-12/h1-3,5-6,9-11H,4,7-8H2,(H,17,18,19). The maximum atomic E-state index is 11.7. The number of halogens is 1. The van der Waals surface area contributed by atoms with Gasteiger partial charge in [-0.05, 0) is 30.5 Å². The zero-order valence-electron chi connectivity index (χ0n) is 10.5. The van der Waals surface area contributed by atoms with E-state index < -0.39 is 0 Å². The van der Waals surface area contributed by atoms with Crippen molar-refractivity contribution in [2.24, 2.45) is 0 Å². The summed E-state index contributed by atoms with van der Waals surface area (Å²) >= 11 is 5.72. The Bertz CT molecular complexity index is 526. The molecular formula is C15H15ClN2O. The number of amides is 1. The van der Waals surface area contributed by atoms with E-state index in [-0.39, 0.29) is 5.91 Å². The number of rotatable bonds is 5. The summed E-state index contributed by atoms with van der Waals surface area (Å²) in [7, 11) is 0. The maximum absolute atomic E-state index is 11.7. The van der Waals surface area contributed by atoms with Crippen LogP contribution in [0.5, 0.6) is 0 Å². The van der Waals surface area contributed by atoms with E-state index in [4.69, 9.17) is 11.6 Å². The van der Waals surface area contributed by atoms with Crippen LogP contribution in [-0.4, -0.2) is 10.9 Å². The van der Waals surface area contributed by atoms with Crippen LogP contribution in [0.2, 0.25) is 5.02 Å². The van der Waals surface area contributed by atoms with E-state index in [1.807, 2.05) is 18.2 Å². The first-order valence-electron chi connectivity index (χ1n) is 6.19. The molecule has 0 atom stereocenters. The summed E-state index contributed by atoms with van der Waals surface area (Å²) < 4.78 is 0. The molecule has 4 heteroatoms. The molecule has 19 heavy (non-hydrogen) atoms. The summed E-state index contributed by atoms with van der Waals surface area (Å²) in [6, 6.07) is 13.5. The van der Waals surface area contributed by atoms with Crippen LogP contribution in [0.3, 0.4) is 0 Å². The minimum atomic E-state index is -0.0225. The lowest BCUT2D eigenvalue weighted by Gasteiger charge is -2.04. The number of nitrogens with one attached hydrogen (secondary N) is 1. The van der Waals surface area contributed by atoms with Crippen LogP contribution in [0, 0.1) is 0 Å². The zero-order chi connectivity index (χ0) is 13.5. The van der Waals surface area contributed by atoms with Crippen molar-refractivity contribution in [1.29, 1.82) is 0 Å². The van der Waals surface area contributed by atoms with Crippen molar-refractivity contribution >= 4 is 23.3 Å². The second-order valence-electron chi connectivity index (χ2n) is 4.25. The Morgan fingerprint density at radius 3 is 2.63 bits per heavy atom. The van der Waals surface area contributed by atoms with Crippen molar-refractivity contribution < 1.29 is 4.79 Å². The number of pyridine rings is 1. The average Bonchev–Trinajstić information content (AvgIpc) is 2.43. The molecule has 0 unspecified atom stereocenters. The molecule has 0 aliphatic rings. The third-order valence-corrected chi connectivity index (χ3v) is 2.93. The summed E-state index contributed by atoms with van der Waals surface area (Å²) in [6.45, 7) is 0. The number of carbonyl (C=O) groups excluding carboxylic acids is 1. The minimum Gasteiger partial charge on any atom is -0.311 e. The van der Waals surface area contributed by atoms with Crippen LogP contribution in [0.1, 0.15) is 18.4 Å². The van der Waals surface area contributed by atoms with Crippen molar-refractivity contribution in [2.45, 2.75) is 19.3 Å². The predicted molar refractivity (Wildman–Crippen MR) is 77.3 cm³/mol. The Kier molecular flexibility index (Phi) is 4.93. The van der Waals surface area contributed by atoms with Gasteiger partial charge in [-0.15, -0.1) is 0 Å². The van der Waals surface area contributed by atoms with Gasteiger partial charge in [-0.25, -0.2) is 4.98 Å². The fraction of sp³-hybridized carbons (Fsp3) is 0.200. The highest BCUT2D eigenvalue weighted by atomic mass is 35.5. The Labute approximate surface area is 117 Å². The first-order chi connectivity index (χ1) is 9.24. The van der Waals surface area contributed by atoms with Gasteiger partial charge in [0.25, 0.3) is 0 Å². The number of benzene rings is 1. The van der Waals surface area contributed by atoms with Crippen LogP contribution in [0.15, 0.2) is 48.7 Å². The van der Waals surface area contributed by atoms with Crippen molar-refractivity contribution in [3.8, 4) is 0 Å². The summed E-state index contributed by atoms with van der Waals surface area (Å²) in [5, 5.41) is 3.30. The molecule has 0 bridgehead atoms. The quantitative estimate of drug-likeness (QED) is 0.903. The minimum absolute atomic E-state index is 0.0225.